The summed E-state index contributed by atoms with van der Waals surface area (Å²) in [4.78, 5) is 21.6. The third kappa shape index (κ3) is 2.87. The number of hydrazone groups is 1. The van der Waals surface area contributed by atoms with Crippen LogP contribution in [0.3, 0.4) is 0 Å². The van der Waals surface area contributed by atoms with Crippen LogP contribution in [0.15, 0.2) is 23.3 Å². The van der Waals surface area contributed by atoms with E-state index in [1.54, 1.807) is 12.1 Å². The molecular formula is C12H14N4O3. The molecule has 0 fully saturated rings. The third-order valence-electron chi connectivity index (χ3n) is 2.80. The molecule has 0 spiro atoms. The van der Waals surface area contributed by atoms with Crippen LogP contribution in [-0.4, -0.2) is 23.1 Å². The Bertz CT molecular complexity index is 554. The molecule has 7 heteroatoms. The number of nitrogens with zero attached hydrogens (tertiary/aromatic N) is 2. The molecule has 19 heavy (non-hydrogen) atoms. The Morgan fingerprint density at radius 3 is 2.84 bits per heavy atom. The van der Waals surface area contributed by atoms with Crippen LogP contribution in [0, 0.1) is 10.1 Å². The summed E-state index contributed by atoms with van der Waals surface area (Å²) in [6, 6.07) is 4.91. The first kappa shape index (κ1) is 13.0. The third-order valence-corrected chi connectivity index (χ3v) is 2.80. The maximum absolute atomic E-state index is 11.0. The highest BCUT2D eigenvalue weighted by atomic mass is 16.6. The summed E-state index contributed by atoms with van der Waals surface area (Å²) in [6.07, 6.45) is 0.838. The number of hydrogen-bond acceptors (Lipinski definition) is 5. The van der Waals surface area contributed by atoms with Gasteiger partial charge in [0.15, 0.2) is 0 Å². The first-order valence-corrected chi connectivity index (χ1v) is 6.00. The minimum absolute atomic E-state index is 0.0129. The standard InChI is InChI=1S/C12H14N4O3/c1-2-13-10-4-3-8(7-11(10)16(18)19)9-5-6-12(17)15-14-9/h3-4,7,13H,2,5-6H2,1H3,(H,15,17). The Kier molecular flexibility index (Phi) is 3.74. The lowest BCUT2D eigenvalue weighted by molar-refractivity contribution is -0.384. The average Bonchev–Trinajstić information content (AvgIpc) is 2.40. The quantitative estimate of drug-likeness (QED) is 0.636. The van der Waals surface area contributed by atoms with Gasteiger partial charge in [-0.1, -0.05) is 6.07 Å². The van der Waals surface area contributed by atoms with Crippen molar-refractivity contribution >= 4 is 23.0 Å². The van der Waals surface area contributed by atoms with Crippen LogP contribution in [0.4, 0.5) is 11.4 Å². The zero-order valence-electron chi connectivity index (χ0n) is 10.5. The van der Waals surface area contributed by atoms with E-state index in [9.17, 15) is 14.9 Å². The highest BCUT2D eigenvalue weighted by molar-refractivity contribution is 6.04. The Labute approximate surface area is 109 Å². The van der Waals surface area contributed by atoms with Gasteiger partial charge in [0.25, 0.3) is 5.69 Å². The summed E-state index contributed by atoms with van der Waals surface area (Å²) >= 11 is 0. The summed E-state index contributed by atoms with van der Waals surface area (Å²) in [7, 11) is 0. The maximum atomic E-state index is 11.0. The first-order chi connectivity index (χ1) is 9.11. The molecule has 100 valence electrons. The van der Waals surface area contributed by atoms with Gasteiger partial charge in [-0.2, -0.15) is 5.10 Å². The monoisotopic (exact) mass is 262 g/mol. The van der Waals surface area contributed by atoms with Crippen LogP contribution < -0.4 is 10.7 Å². The van der Waals surface area contributed by atoms with Crippen molar-refractivity contribution in [3.8, 4) is 0 Å². The molecule has 7 nitrogen and oxygen atoms in total. The van der Waals surface area contributed by atoms with Gasteiger partial charge in [0, 0.05) is 31.0 Å². The van der Waals surface area contributed by atoms with E-state index >= 15 is 0 Å². The highest BCUT2D eigenvalue weighted by Crippen LogP contribution is 2.26. The molecule has 0 saturated carbocycles. The Morgan fingerprint density at radius 1 is 1.47 bits per heavy atom. The van der Waals surface area contributed by atoms with Crippen LogP contribution in [0.1, 0.15) is 25.3 Å². The van der Waals surface area contributed by atoms with E-state index in [0.717, 1.165) is 0 Å². The predicted molar refractivity (Wildman–Crippen MR) is 71.2 cm³/mol. The molecule has 0 atom stereocenters. The number of benzene rings is 1. The smallest absolute Gasteiger partial charge is 0.292 e. The summed E-state index contributed by atoms with van der Waals surface area (Å²) in [5.74, 6) is -0.137. The largest absolute Gasteiger partial charge is 0.380 e. The van der Waals surface area contributed by atoms with Gasteiger partial charge in [-0.3, -0.25) is 14.9 Å². The van der Waals surface area contributed by atoms with E-state index in [1.165, 1.54) is 6.07 Å². The molecule has 1 aromatic carbocycles. The Balaban J connectivity index is 2.35. The number of rotatable bonds is 4. The van der Waals surface area contributed by atoms with Gasteiger partial charge in [0.05, 0.1) is 10.6 Å². The van der Waals surface area contributed by atoms with Crippen molar-refractivity contribution in [1.29, 1.82) is 0 Å². The zero-order valence-corrected chi connectivity index (χ0v) is 10.5. The second kappa shape index (κ2) is 5.47. The van der Waals surface area contributed by atoms with Crippen molar-refractivity contribution in [3.63, 3.8) is 0 Å². The fourth-order valence-electron chi connectivity index (χ4n) is 1.88. The molecule has 0 unspecified atom stereocenters. The minimum Gasteiger partial charge on any atom is -0.380 e. The number of nitro benzene ring substituents is 1. The van der Waals surface area contributed by atoms with Crippen LogP contribution in [0.5, 0.6) is 0 Å². The lowest BCUT2D eigenvalue weighted by atomic mass is 10.0. The average molecular weight is 262 g/mol. The van der Waals surface area contributed by atoms with Gasteiger partial charge in [0.1, 0.15) is 5.69 Å². The van der Waals surface area contributed by atoms with Gasteiger partial charge < -0.3 is 5.32 Å². The molecule has 2 rings (SSSR count). The second-order valence-corrected chi connectivity index (χ2v) is 4.11. The van der Waals surface area contributed by atoms with E-state index in [4.69, 9.17) is 0 Å². The summed E-state index contributed by atoms with van der Waals surface area (Å²) in [6.45, 7) is 2.48. The van der Waals surface area contributed by atoms with E-state index in [-0.39, 0.29) is 11.6 Å². The van der Waals surface area contributed by atoms with Crippen molar-refractivity contribution < 1.29 is 9.72 Å². The normalized spacial score (nSPS) is 14.6. The molecule has 0 aliphatic carbocycles. The Morgan fingerprint density at radius 2 is 2.26 bits per heavy atom. The topological polar surface area (TPSA) is 96.6 Å². The van der Waals surface area contributed by atoms with Gasteiger partial charge in [-0.05, 0) is 13.0 Å². The lowest BCUT2D eigenvalue weighted by Crippen LogP contribution is -2.25. The molecule has 1 amide bonds. The van der Waals surface area contributed by atoms with E-state index in [2.05, 4.69) is 15.8 Å². The SMILES string of the molecule is CCNc1ccc(C2=NNC(=O)CC2)cc1[N+](=O)[O-]. The fraction of sp³-hybridized carbons (Fsp3) is 0.333. The number of carbonyl (C=O) groups is 1. The zero-order chi connectivity index (χ0) is 13.8. The number of hydrogen-bond donors (Lipinski definition) is 2. The second-order valence-electron chi connectivity index (χ2n) is 4.11. The first-order valence-electron chi connectivity index (χ1n) is 6.00. The van der Waals surface area contributed by atoms with Crippen LogP contribution >= 0.6 is 0 Å². The van der Waals surface area contributed by atoms with E-state index < -0.39 is 4.92 Å². The van der Waals surface area contributed by atoms with Crippen LogP contribution in [0.25, 0.3) is 0 Å². The number of nitrogens with one attached hydrogen (secondary N) is 2. The number of amides is 1. The summed E-state index contributed by atoms with van der Waals surface area (Å²) in [5.41, 5.74) is 4.20. The van der Waals surface area contributed by atoms with Gasteiger partial charge >= 0.3 is 0 Å². The number of anilines is 1. The molecular weight excluding hydrogens is 248 g/mol. The van der Waals surface area contributed by atoms with Gasteiger partial charge in [0.2, 0.25) is 5.91 Å². The molecule has 1 heterocycles. The summed E-state index contributed by atoms with van der Waals surface area (Å²) < 4.78 is 0. The van der Waals surface area contributed by atoms with E-state index in [1.807, 2.05) is 6.92 Å². The van der Waals surface area contributed by atoms with Crippen molar-refractivity contribution in [1.82, 2.24) is 5.43 Å². The molecule has 0 radical (unpaired) electrons. The minimum atomic E-state index is -0.427. The molecule has 0 bridgehead atoms. The predicted octanol–water partition coefficient (Wildman–Crippen LogP) is 1.64. The van der Waals surface area contributed by atoms with Crippen molar-refractivity contribution in [2.24, 2.45) is 5.10 Å². The fourth-order valence-corrected chi connectivity index (χ4v) is 1.88. The van der Waals surface area contributed by atoms with Crippen LogP contribution in [0.2, 0.25) is 0 Å². The van der Waals surface area contributed by atoms with Gasteiger partial charge in [-0.15, -0.1) is 0 Å². The molecule has 1 aliphatic rings. The number of carbonyl (C=O) groups excluding carboxylic acids is 1. The van der Waals surface area contributed by atoms with Crippen molar-refractivity contribution in [3.05, 3.63) is 33.9 Å². The highest BCUT2D eigenvalue weighted by Gasteiger charge is 2.18. The molecule has 0 aromatic heterocycles. The van der Waals surface area contributed by atoms with Crippen LogP contribution in [-0.2, 0) is 4.79 Å². The van der Waals surface area contributed by atoms with Gasteiger partial charge in [-0.25, -0.2) is 5.43 Å². The molecule has 1 aromatic rings. The van der Waals surface area contributed by atoms with Crippen molar-refractivity contribution in [2.45, 2.75) is 19.8 Å². The maximum Gasteiger partial charge on any atom is 0.292 e. The molecule has 0 saturated heterocycles. The lowest BCUT2D eigenvalue weighted by Gasteiger charge is -2.13. The molecule has 1 aliphatic heterocycles. The molecule has 2 N–H and O–H groups in total. The van der Waals surface area contributed by atoms with Crippen molar-refractivity contribution in [2.75, 3.05) is 11.9 Å². The Hall–Kier alpha value is -2.44. The number of nitro groups is 1. The van der Waals surface area contributed by atoms with E-state index in [0.29, 0.717) is 36.3 Å². The summed E-state index contributed by atoms with van der Waals surface area (Å²) in [5, 5.41) is 17.9.